The lowest BCUT2D eigenvalue weighted by Gasteiger charge is -2.23. The maximum absolute atomic E-state index is 13.1. The van der Waals surface area contributed by atoms with Gasteiger partial charge in [0.1, 0.15) is 5.82 Å². The Morgan fingerprint density at radius 2 is 2.22 bits per heavy atom. The molecule has 1 atom stereocenters. The van der Waals surface area contributed by atoms with Crippen LogP contribution in [0.15, 0.2) is 18.2 Å². The maximum atomic E-state index is 13.1. The Morgan fingerprint density at radius 1 is 1.44 bits per heavy atom. The molecular weight excluding hydrogens is 279 g/mol. The van der Waals surface area contributed by atoms with E-state index in [9.17, 15) is 12.8 Å². The van der Waals surface area contributed by atoms with Gasteiger partial charge in [0.25, 0.3) is 0 Å². The van der Waals surface area contributed by atoms with Crippen LogP contribution in [0.4, 0.5) is 10.1 Å². The minimum Gasteiger partial charge on any atom is -0.315 e. The van der Waals surface area contributed by atoms with Crippen molar-refractivity contribution in [2.75, 3.05) is 17.8 Å². The Kier molecular flexibility index (Phi) is 4.09. The molecule has 4 nitrogen and oxygen atoms in total. The smallest absolute Gasteiger partial charge is 0.236 e. The lowest BCUT2D eigenvalue weighted by Crippen LogP contribution is -2.41. The van der Waals surface area contributed by atoms with Gasteiger partial charge in [-0.2, -0.15) is 0 Å². The molecule has 0 spiro atoms. The van der Waals surface area contributed by atoms with E-state index in [4.69, 9.17) is 11.6 Å². The normalized spacial score (nSPS) is 20.7. The van der Waals surface area contributed by atoms with E-state index in [2.05, 4.69) is 10.0 Å². The van der Waals surface area contributed by atoms with Crippen LogP contribution in [0.2, 0.25) is 5.02 Å². The summed E-state index contributed by atoms with van der Waals surface area (Å²) < 4.78 is 39.6. The lowest BCUT2D eigenvalue weighted by atomic mass is 10.2. The molecule has 100 valence electrons. The Bertz CT molecular complexity index is 530. The molecule has 0 radical (unpaired) electrons. The number of hydrogen-bond acceptors (Lipinski definition) is 3. The van der Waals surface area contributed by atoms with Crippen molar-refractivity contribution in [3.63, 3.8) is 0 Å². The van der Waals surface area contributed by atoms with Crippen LogP contribution in [0.5, 0.6) is 0 Å². The highest BCUT2D eigenvalue weighted by molar-refractivity contribution is 7.93. The molecule has 1 unspecified atom stereocenters. The summed E-state index contributed by atoms with van der Waals surface area (Å²) in [5, 5.41) is 2.70. The second kappa shape index (κ2) is 5.42. The van der Waals surface area contributed by atoms with E-state index >= 15 is 0 Å². The molecule has 1 aromatic carbocycles. The number of nitrogens with one attached hydrogen (secondary N) is 2. The number of rotatable bonds is 3. The summed E-state index contributed by atoms with van der Waals surface area (Å²) in [7, 11) is -3.54. The molecule has 7 heteroatoms. The van der Waals surface area contributed by atoms with Crippen molar-refractivity contribution in [1.82, 2.24) is 5.32 Å². The Balaban J connectivity index is 2.18. The molecule has 1 aliphatic heterocycles. The molecule has 2 N–H and O–H groups in total. The van der Waals surface area contributed by atoms with E-state index < -0.39 is 21.1 Å². The van der Waals surface area contributed by atoms with Crippen molar-refractivity contribution < 1.29 is 12.8 Å². The summed E-state index contributed by atoms with van der Waals surface area (Å²) in [6.07, 6.45) is 1.40. The van der Waals surface area contributed by atoms with Gasteiger partial charge in [0.05, 0.1) is 16.0 Å². The zero-order valence-electron chi connectivity index (χ0n) is 9.62. The van der Waals surface area contributed by atoms with Crippen LogP contribution >= 0.6 is 11.6 Å². The van der Waals surface area contributed by atoms with Crippen LogP contribution in [-0.4, -0.2) is 26.8 Å². The van der Waals surface area contributed by atoms with Crippen molar-refractivity contribution in [3.05, 3.63) is 29.0 Å². The van der Waals surface area contributed by atoms with E-state index in [1.807, 2.05) is 0 Å². The fourth-order valence-corrected chi connectivity index (χ4v) is 3.57. The standard InChI is InChI=1S/C11H14ClFN2O2S/c12-10-4-3-8(13)6-11(10)15-18(16,17)9-2-1-5-14-7-9/h3-4,6,9,14-15H,1-2,5,7H2. The Labute approximate surface area is 111 Å². The summed E-state index contributed by atoms with van der Waals surface area (Å²) in [6, 6.07) is 3.59. The summed E-state index contributed by atoms with van der Waals surface area (Å²) >= 11 is 5.83. The second-order valence-corrected chi connectivity index (χ2v) is 6.61. The third-order valence-corrected chi connectivity index (χ3v) is 4.99. The molecule has 0 bridgehead atoms. The quantitative estimate of drug-likeness (QED) is 0.895. The minimum absolute atomic E-state index is 0.0854. The number of piperidine rings is 1. The van der Waals surface area contributed by atoms with Crippen molar-refractivity contribution in [2.24, 2.45) is 0 Å². The fourth-order valence-electron chi connectivity index (χ4n) is 1.90. The van der Waals surface area contributed by atoms with Crippen molar-refractivity contribution in [2.45, 2.75) is 18.1 Å². The van der Waals surface area contributed by atoms with E-state index in [1.165, 1.54) is 12.1 Å². The molecule has 0 aliphatic carbocycles. The zero-order chi connectivity index (χ0) is 13.2. The maximum Gasteiger partial charge on any atom is 0.236 e. The van der Waals surface area contributed by atoms with Crippen molar-refractivity contribution in [3.8, 4) is 0 Å². The van der Waals surface area contributed by atoms with Gasteiger partial charge in [-0.1, -0.05) is 11.6 Å². The summed E-state index contributed by atoms with van der Waals surface area (Å²) in [5.74, 6) is -0.529. The van der Waals surface area contributed by atoms with Crippen LogP contribution in [0.25, 0.3) is 0 Å². The van der Waals surface area contributed by atoms with Gasteiger partial charge in [0, 0.05) is 6.54 Å². The number of halogens is 2. The van der Waals surface area contributed by atoms with Crippen LogP contribution in [0, 0.1) is 5.82 Å². The van der Waals surface area contributed by atoms with Gasteiger partial charge < -0.3 is 5.32 Å². The molecule has 0 saturated carbocycles. The number of benzene rings is 1. The highest BCUT2D eigenvalue weighted by Crippen LogP contribution is 2.25. The monoisotopic (exact) mass is 292 g/mol. The van der Waals surface area contributed by atoms with Crippen LogP contribution < -0.4 is 10.0 Å². The van der Waals surface area contributed by atoms with E-state index in [0.29, 0.717) is 13.0 Å². The van der Waals surface area contributed by atoms with Gasteiger partial charge in [-0.25, -0.2) is 12.8 Å². The Hall–Kier alpha value is -0.850. The molecule has 2 rings (SSSR count). The zero-order valence-corrected chi connectivity index (χ0v) is 11.2. The molecule has 1 heterocycles. The molecule has 1 aliphatic rings. The van der Waals surface area contributed by atoms with Gasteiger partial charge in [0.2, 0.25) is 10.0 Å². The molecule has 18 heavy (non-hydrogen) atoms. The van der Waals surface area contributed by atoms with Gasteiger partial charge in [-0.3, -0.25) is 4.72 Å². The molecule has 1 saturated heterocycles. The highest BCUT2D eigenvalue weighted by Gasteiger charge is 2.27. The average Bonchev–Trinajstić information content (AvgIpc) is 2.35. The first-order valence-corrected chi connectivity index (χ1v) is 7.59. The van der Waals surface area contributed by atoms with Crippen LogP contribution in [-0.2, 0) is 10.0 Å². The lowest BCUT2D eigenvalue weighted by molar-refractivity contribution is 0.499. The third-order valence-electron chi connectivity index (χ3n) is 2.87. The van der Waals surface area contributed by atoms with Gasteiger partial charge in [0.15, 0.2) is 0 Å². The molecule has 0 amide bonds. The van der Waals surface area contributed by atoms with Crippen LogP contribution in [0.3, 0.4) is 0 Å². The largest absolute Gasteiger partial charge is 0.315 e. The first kappa shape index (κ1) is 13.6. The number of sulfonamides is 1. The van der Waals surface area contributed by atoms with Gasteiger partial charge in [-0.05, 0) is 37.6 Å². The van der Waals surface area contributed by atoms with E-state index in [0.717, 1.165) is 19.0 Å². The molecule has 0 aromatic heterocycles. The topological polar surface area (TPSA) is 58.2 Å². The second-order valence-electron chi connectivity index (χ2n) is 4.24. The number of anilines is 1. The summed E-state index contributed by atoms with van der Waals surface area (Å²) in [4.78, 5) is 0. The average molecular weight is 293 g/mol. The SMILES string of the molecule is O=S(=O)(Nc1cc(F)ccc1Cl)C1CCCNC1. The predicted molar refractivity (Wildman–Crippen MR) is 69.8 cm³/mol. The molecule has 1 fully saturated rings. The van der Waals surface area contributed by atoms with Crippen LogP contribution in [0.1, 0.15) is 12.8 Å². The van der Waals surface area contributed by atoms with E-state index in [1.54, 1.807) is 0 Å². The molecular formula is C11H14ClFN2O2S. The third kappa shape index (κ3) is 3.13. The summed E-state index contributed by atoms with van der Waals surface area (Å²) in [6.45, 7) is 1.23. The molecule has 1 aromatic rings. The fraction of sp³-hybridized carbons (Fsp3) is 0.455. The van der Waals surface area contributed by atoms with Crippen molar-refractivity contribution in [1.29, 1.82) is 0 Å². The summed E-state index contributed by atoms with van der Waals surface area (Å²) in [5.41, 5.74) is 0.0854. The first-order valence-electron chi connectivity index (χ1n) is 5.66. The van der Waals surface area contributed by atoms with E-state index in [-0.39, 0.29) is 10.7 Å². The number of hydrogen-bond donors (Lipinski definition) is 2. The van der Waals surface area contributed by atoms with Crippen molar-refractivity contribution >= 4 is 27.3 Å². The Morgan fingerprint density at radius 3 is 2.89 bits per heavy atom. The predicted octanol–water partition coefficient (Wildman–Crippen LogP) is 1.97. The first-order chi connectivity index (χ1) is 8.49. The van der Waals surface area contributed by atoms with Gasteiger partial charge >= 0.3 is 0 Å². The minimum atomic E-state index is -3.54. The van der Waals surface area contributed by atoms with Gasteiger partial charge in [-0.15, -0.1) is 0 Å². The highest BCUT2D eigenvalue weighted by atomic mass is 35.5.